The van der Waals surface area contributed by atoms with Gasteiger partial charge in [0, 0.05) is 11.7 Å². The number of halogens is 2. The van der Waals surface area contributed by atoms with Gasteiger partial charge in [0.15, 0.2) is 0 Å². The maximum absolute atomic E-state index is 13.3. The molecule has 1 aliphatic carbocycles. The van der Waals surface area contributed by atoms with E-state index in [0.717, 1.165) is 30.7 Å². The fraction of sp³-hybridized carbons (Fsp3) is 0.294. The zero-order valence-corrected chi connectivity index (χ0v) is 13.4. The molecule has 1 unspecified atom stereocenters. The second-order valence-electron chi connectivity index (χ2n) is 5.35. The standard InChI is InChI=1S/C17H17BrFNO/c1-21-15-6-3-11-2-4-13(8-12(11)9-15)20-14-5-7-17(19)16(18)10-14/h3,5-7,9-10,13,20H,2,4,8H2,1H3. The molecule has 1 atom stereocenters. The minimum Gasteiger partial charge on any atom is -0.497 e. The van der Waals surface area contributed by atoms with Crippen LogP contribution >= 0.6 is 15.9 Å². The number of anilines is 1. The normalized spacial score (nSPS) is 17.2. The van der Waals surface area contributed by atoms with Crippen molar-refractivity contribution in [2.24, 2.45) is 0 Å². The average Bonchev–Trinajstić information content (AvgIpc) is 2.50. The fourth-order valence-corrected chi connectivity index (χ4v) is 3.18. The van der Waals surface area contributed by atoms with Crippen LogP contribution in [0.5, 0.6) is 5.75 Å². The van der Waals surface area contributed by atoms with Crippen LogP contribution < -0.4 is 10.1 Å². The molecular weight excluding hydrogens is 333 g/mol. The van der Waals surface area contributed by atoms with Crippen LogP contribution in [-0.4, -0.2) is 13.2 Å². The van der Waals surface area contributed by atoms with Crippen molar-refractivity contribution in [1.29, 1.82) is 0 Å². The topological polar surface area (TPSA) is 21.3 Å². The Morgan fingerprint density at radius 2 is 2.05 bits per heavy atom. The summed E-state index contributed by atoms with van der Waals surface area (Å²) >= 11 is 3.22. The van der Waals surface area contributed by atoms with Crippen LogP contribution in [-0.2, 0) is 12.8 Å². The van der Waals surface area contributed by atoms with Crippen molar-refractivity contribution < 1.29 is 9.13 Å². The average molecular weight is 350 g/mol. The molecule has 0 amide bonds. The van der Waals surface area contributed by atoms with Gasteiger partial charge in [0.25, 0.3) is 0 Å². The first-order valence-electron chi connectivity index (χ1n) is 7.03. The molecule has 0 saturated heterocycles. The van der Waals surface area contributed by atoms with Crippen molar-refractivity contribution in [2.75, 3.05) is 12.4 Å². The molecule has 21 heavy (non-hydrogen) atoms. The quantitative estimate of drug-likeness (QED) is 0.876. The predicted octanol–water partition coefficient (Wildman–Crippen LogP) is 4.57. The molecule has 2 aromatic rings. The molecule has 0 aliphatic heterocycles. The van der Waals surface area contributed by atoms with E-state index in [2.05, 4.69) is 33.4 Å². The van der Waals surface area contributed by atoms with Gasteiger partial charge < -0.3 is 10.1 Å². The Kier molecular flexibility index (Phi) is 4.15. The van der Waals surface area contributed by atoms with Crippen LogP contribution in [0.15, 0.2) is 40.9 Å². The van der Waals surface area contributed by atoms with Gasteiger partial charge in [0.1, 0.15) is 11.6 Å². The lowest BCUT2D eigenvalue weighted by Crippen LogP contribution is -2.27. The fourth-order valence-electron chi connectivity index (χ4n) is 2.81. The van der Waals surface area contributed by atoms with Crippen LogP contribution in [0.1, 0.15) is 17.5 Å². The van der Waals surface area contributed by atoms with Gasteiger partial charge >= 0.3 is 0 Å². The van der Waals surface area contributed by atoms with Crippen LogP contribution in [0.4, 0.5) is 10.1 Å². The van der Waals surface area contributed by atoms with Gasteiger partial charge in [-0.3, -0.25) is 0 Å². The molecule has 0 heterocycles. The highest BCUT2D eigenvalue weighted by molar-refractivity contribution is 9.10. The zero-order valence-electron chi connectivity index (χ0n) is 11.8. The van der Waals surface area contributed by atoms with E-state index < -0.39 is 0 Å². The lowest BCUT2D eigenvalue weighted by Gasteiger charge is -2.26. The molecule has 1 N–H and O–H groups in total. The minimum atomic E-state index is -0.237. The predicted molar refractivity (Wildman–Crippen MR) is 86.5 cm³/mol. The van der Waals surface area contributed by atoms with Crippen molar-refractivity contribution in [2.45, 2.75) is 25.3 Å². The third kappa shape index (κ3) is 3.21. The van der Waals surface area contributed by atoms with Crippen molar-refractivity contribution in [3.05, 3.63) is 57.8 Å². The van der Waals surface area contributed by atoms with Crippen LogP contribution in [0, 0.1) is 5.82 Å². The Bertz CT molecular complexity index is 659. The van der Waals surface area contributed by atoms with Gasteiger partial charge in [-0.2, -0.15) is 0 Å². The maximum Gasteiger partial charge on any atom is 0.137 e. The van der Waals surface area contributed by atoms with E-state index in [9.17, 15) is 4.39 Å². The number of nitrogens with one attached hydrogen (secondary N) is 1. The Balaban J connectivity index is 1.74. The van der Waals surface area contributed by atoms with Gasteiger partial charge in [-0.1, -0.05) is 6.07 Å². The molecule has 0 spiro atoms. The van der Waals surface area contributed by atoms with Crippen LogP contribution in [0.25, 0.3) is 0 Å². The summed E-state index contributed by atoms with van der Waals surface area (Å²) in [6.07, 6.45) is 3.09. The molecular formula is C17H17BrFNO. The van der Waals surface area contributed by atoms with Crippen LogP contribution in [0.2, 0.25) is 0 Å². The summed E-state index contributed by atoms with van der Waals surface area (Å²) in [6, 6.07) is 11.7. The van der Waals surface area contributed by atoms with Crippen molar-refractivity contribution in [1.82, 2.24) is 0 Å². The maximum atomic E-state index is 13.3. The van der Waals surface area contributed by atoms with Crippen molar-refractivity contribution >= 4 is 21.6 Å². The van der Waals surface area contributed by atoms with Gasteiger partial charge in [0.2, 0.25) is 0 Å². The van der Waals surface area contributed by atoms with Crippen LogP contribution in [0.3, 0.4) is 0 Å². The number of hydrogen-bond donors (Lipinski definition) is 1. The number of rotatable bonds is 3. The van der Waals surface area contributed by atoms with E-state index in [1.54, 1.807) is 19.2 Å². The Morgan fingerprint density at radius 3 is 2.81 bits per heavy atom. The molecule has 3 rings (SSSR count). The summed E-state index contributed by atoms with van der Waals surface area (Å²) in [5.74, 6) is 0.665. The highest BCUT2D eigenvalue weighted by Crippen LogP contribution is 2.28. The highest BCUT2D eigenvalue weighted by atomic mass is 79.9. The van der Waals surface area contributed by atoms with E-state index in [0.29, 0.717) is 10.5 Å². The Hall–Kier alpha value is -1.55. The number of benzene rings is 2. The SMILES string of the molecule is COc1ccc2c(c1)CC(Nc1ccc(F)c(Br)c1)CC2. The Morgan fingerprint density at radius 1 is 1.19 bits per heavy atom. The smallest absolute Gasteiger partial charge is 0.137 e. The first-order valence-corrected chi connectivity index (χ1v) is 7.82. The summed E-state index contributed by atoms with van der Waals surface area (Å²) in [7, 11) is 1.69. The molecule has 0 fully saturated rings. The first kappa shape index (κ1) is 14.4. The number of aryl methyl sites for hydroxylation is 1. The molecule has 110 valence electrons. The van der Waals surface area contributed by atoms with Crippen molar-refractivity contribution in [3.8, 4) is 5.75 Å². The molecule has 0 radical (unpaired) electrons. The summed E-state index contributed by atoms with van der Waals surface area (Å²) < 4.78 is 19.1. The monoisotopic (exact) mass is 349 g/mol. The molecule has 2 aromatic carbocycles. The number of methoxy groups -OCH3 is 1. The second kappa shape index (κ2) is 6.06. The van der Waals surface area contributed by atoms with E-state index in [1.807, 2.05) is 6.07 Å². The summed E-state index contributed by atoms with van der Waals surface area (Å²) in [5, 5.41) is 3.49. The highest BCUT2D eigenvalue weighted by Gasteiger charge is 2.19. The lowest BCUT2D eigenvalue weighted by atomic mass is 9.88. The van der Waals surface area contributed by atoms with Crippen molar-refractivity contribution in [3.63, 3.8) is 0 Å². The molecule has 0 bridgehead atoms. The van der Waals surface area contributed by atoms with E-state index >= 15 is 0 Å². The summed E-state index contributed by atoms with van der Waals surface area (Å²) in [6.45, 7) is 0. The molecule has 0 saturated carbocycles. The molecule has 4 heteroatoms. The summed E-state index contributed by atoms with van der Waals surface area (Å²) in [5.41, 5.74) is 3.67. The second-order valence-corrected chi connectivity index (χ2v) is 6.20. The van der Waals surface area contributed by atoms with Gasteiger partial charge in [-0.25, -0.2) is 4.39 Å². The van der Waals surface area contributed by atoms with E-state index in [1.165, 1.54) is 17.2 Å². The Labute approximate surface area is 132 Å². The van der Waals surface area contributed by atoms with E-state index in [4.69, 9.17) is 4.74 Å². The zero-order chi connectivity index (χ0) is 14.8. The van der Waals surface area contributed by atoms with Gasteiger partial charge in [-0.05, 0) is 76.7 Å². The van der Waals surface area contributed by atoms with Gasteiger partial charge in [-0.15, -0.1) is 0 Å². The largest absolute Gasteiger partial charge is 0.497 e. The lowest BCUT2D eigenvalue weighted by molar-refractivity contribution is 0.413. The first-order chi connectivity index (χ1) is 10.2. The third-order valence-corrected chi connectivity index (χ3v) is 4.54. The molecule has 0 aromatic heterocycles. The minimum absolute atomic E-state index is 0.237. The number of fused-ring (bicyclic) bond motifs is 1. The van der Waals surface area contributed by atoms with Gasteiger partial charge in [0.05, 0.1) is 11.6 Å². The molecule has 1 aliphatic rings. The third-order valence-electron chi connectivity index (χ3n) is 3.93. The molecule has 2 nitrogen and oxygen atoms in total. The number of ether oxygens (including phenoxy) is 1. The summed E-state index contributed by atoms with van der Waals surface area (Å²) in [4.78, 5) is 0. The number of hydrogen-bond acceptors (Lipinski definition) is 2. The van der Waals surface area contributed by atoms with E-state index in [-0.39, 0.29) is 5.82 Å².